The molecular formula is C17H16FN3S2. The van der Waals surface area contributed by atoms with Crippen molar-refractivity contribution in [1.82, 2.24) is 14.8 Å². The van der Waals surface area contributed by atoms with Crippen molar-refractivity contribution in [1.29, 1.82) is 0 Å². The lowest BCUT2D eigenvalue weighted by Gasteiger charge is -2.07. The molecule has 0 saturated carbocycles. The molecule has 0 aliphatic heterocycles. The molecule has 0 N–H and O–H groups in total. The third-order valence-corrected chi connectivity index (χ3v) is 5.19. The SMILES string of the molecule is C=CCn1c(Cc2cccs2)nnc1SCc1cccc(F)c1. The molecule has 0 aliphatic carbocycles. The Morgan fingerprint density at radius 3 is 2.91 bits per heavy atom. The largest absolute Gasteiger partial charge is 0.302 e. The lowest BCUT2D eigenvalue weighted by Crippen LogP contribution is -2.04. The lowest BCUT2D eigenvalue weighted by molar-refractivity contribution is 0.626. The van der Waals surface area contributed by atoms with Gasteiger partial charge in [0.05, 0.1) is 0 Å². The van der Waals surface area contributed by atoms with E-state index in [1.807, 2.05) is 18.2 Å². The van der Waals surface area contributed by atoms with Crippen molar-refractivity contribution in [3.8, 4) is 0 Å². The number of rotatable bonds is 7. The Hall–Kier alpha value is -1.92. The van der Waals surface area contributed by atoms with E-state index in [1.54, 1.807) is 35.2 Å². The Morgan fingerprint density at radius 1 is 1.26 bits per heavy atom. The fourth-order valence-corrected chi connectivity index (χ4v) is 3.82. The monoisotopic (exact) mass is 345 g/mol. The fourth-order valence-electron chi connectivity index (χ4n) is 2.21. The molecule has 0 bridgehead atoms. The van der Waals surface area contributed by atoms with Gasteiger partial charge in [-0.2, -0.15) is 0 Å². The molecule has 3 rings (SSSR count). The number of hydrogen-bond acceptors (Lipinski definition) is 4. The normalized spacial score (nSPS) is 10.8. The van der Waals surface area contributed by atoms with Crippen molar-refractivity contribution in [3.63, 3.8) is 0 Å². The summed E-state index contributed by atoms with van der Waals surface area (Å²) in [5.41, 5.74) is 0.933. The Morgan fingerprint density at radius 2 is 2.17 bits per heavy atom. The maximum absolute atomic E-state index is 13.3. The summed E-state index contributed by atoms with van der Waals surface area (Å²) >= 11 is 3.27. The number of hydrogen-bond donors (Lipinski definition) is 0. The van der Waals surface area contributed by atoms with Crippen LogP contribution >= 0.6 is 23.1 Å². The smallest absolute Gasteiger partial charge is 0.191 e. The molecule has 0 radical (unpaired) electrons. The number of thiophene rings is 1. The molecular weight excluding hydrogens is 329 g/mol. The summed E-state index contributed by atoms with van der Waals surface area (Å²) in [4.78, 5) is 1.25. The molecule has 0 amide bonds. The highest BCUT2D eigenvalue weighted by Crippen LogP contribution is 2.24. The molecule has 23 heavy (non-hydrogen) atoms. The van der Waals surface area contributed by atoms with E-state index in [0.717, 1.165) is 23.0 Å². The first-order valence-corrected chi connectivity index (χ1v) is 9.05. The molecule has 3 nitrogen and oxygen atoms in total. The van der Waals surface area contributed by atoms with Gasteiger partial charge < -0.3 is 4.57 Å². The first kappa shape index (κ1) is 16.0. The van der Waals surface area contributed by atoms with Crippen LogP contribution in [0.4, 0.5) is 4.39 Å². The van der Waals surface area contributed by atoms with Crippen molar-refractivity contribution >= 4 is 23.1 Å². The molecule has 118 valence electrons. The second-order valence-corrected chi connectivity index (χ2v) is 6.95. The second-order valence-electron chi connectivity index (χ2n) is 4.97. The van der Waals surface area contributed by atoms with E-state index in [1.165, 1.54) is 10.9 Å². The molecule has 0 aliphatic rings. The summed E-state index contributed by atoms with van der Waals surface area (Å²) in [5.74, 6) is 1.37. The minimum Gasteiger partial charge on any atom is -0.302 e. The molecule has 2 heterocycles. The van der Waals surface area contributed by atoms with Gasteiger partial charge in [-0.3, -0.25) is 0 Å². The van der Waals surface area contributed by atoms with Crippen molar-refractivity contribution in [3.05, 3.63) is 76.5 Å². The van der Waals surface area contributed by atoms with Gasteiger partial charge in [0.1, 0.15) is 11.6 Å². The van der Waals surface area contributed by atoms with E-state index in [9.17, 15) is 4.39 Å². The molecule has 1 aromatic carbocycles. The highest BCUT2D eigenvalue weighted by Gasteiger charge is 2.13. The van der Waals surface area contributed by atoms with Gasteiger partial charge in [-0.15, -0.1) is 28.1 Å². The number of benzene rings is 1. The van der Waals surface area contributed by atoms with Gasteiger partial charge in [-0.25, -0.2) is 4.39 Å². The molecule has 0 fully saturated rings. The third-order valence-electron chi connectivity index (χ3n) is 3.27. The summed E-state index contributed by atoms with van der Waals surface area (Å²) in [5, 5.41) is 11.5. The quantitative estimate of drug-likeness (QED) is 0.465. The molecule has 0 saturated heterocycles. The van der Waals surface area contributed by atoms with Crippen LogP contribution in [0.5, 0.6) is 0 Å². The van der Waals surface area contributed by atoms with Gasteiger partial charge >= 0.3 is 0 Å². The van der Waals surface area contributed by atoms with Crippen LogP contribution in [-0.4, -0.2) is 14.8 Å². The van der Waals surface area contributed by atoms with Gasteiger partial charge in [-0.05, 0) is 29.1 Å². The standard InChI is InChI=1S/C17H16FN3S2/c1-2-8-21-16(11-15-7-4-9-22-15)19-20-17(21)23-12-13-5-3-6-14(18)10-13/h2-7,9-10H,1,8,11-12H2. The fraction of sp³-hybridized carbons (Fsp3) is 0.176. The summed E-state index contributed by atoms with van der Waals surface area (Å²) in [7, 11) is 0. The number of allylic oxidation sites excluding steroid dienone is 1. The van der Waals surface area contributed by atoms with E-state index in [2.05, 4.69) is 32.8 Å². The average Bonchev–Trinajstić information content (AvgIpc) is 3.18. The minimum atomic E-state index is -0.214. The molecule has 0 spiro atoms. The zero-order valence-corrected chi connectivity index (χ0v) is 14.1. The van der Waals surface area contributed by atoms with Crippen LogP contribution in [0.1, 0.15) is 16.3 Å². The molecule has 2 aromatic heterocycles. The van der Waals surface area contributed by atoms with Crippen LogP contribution in [-0.2, 0) is 18.7 Å². The maximum atomic E-state index is 13.3. The van der Waals surface area contributed by atoms with E-state index >= 15 is 0 Å². The number of halogens is 1. The van der Waals surface area contributed by atoms with Crippen molar-refractivity contribution < 1.29 is 4.39 Å². The average molecular weight is 345 g/mol. The van der Waals surface area contributed by atoms with Gasteiger partial charge in [0.25, 0.3) is 0 Å². The van der Waals surface area contributed by atoms with Crippen LogP contribution in [0.25, 0.3) is 0 Å². The highest BCUT2D eigenvalue weighted by atomic mass is 32.2. The molecule has 6 heteroatoms. The van der Waals surface area contributed by atoms with Crippen molar-refractivity contribution in [2.75, 3.05) is 0 Å². The zero-order chi connectivity index (χ0) is 16.1. The van der Waals surface area contributed by atoms with Crippen LogP contribution in [0, 0.1) is 5.82 Å². The summed E-state index contributed by atoms with van der Waals surface area (Å²) in [6.07, 6.45) is 2.60. The van der Waals surface area contributed by atoms with Crippen molar-refractivity contribution in [2.45, 2.75) is 23.9 Å². The van der Waals surface area contributed by atoms with E-state index in [-0.39, 0.29) is 5.82 Å². The number of aromatic nitrogens is 3. The topological polar surface area (TPSA) is 30.7 Å². The van der Waals surface area contributed by atoms with E-state index in [4.69, 9.17) is 0 Å². The number of thioether (sulfide) groups is 1. The second kappa shape index (κ2) is 7.57. The summed E-state index contributed by atoms with van der Waals surface area (Å²) < 4.78 is 15.3. The Balaban J connectivity index is 1.76. The Labute approximate surface area is 142 Å². The summed E-state index contributed by atoms with van der Waals surface area (Å²) in [6, 6.07) is 10.8. The Bertz CT molecular complexity index is 781. The minimum absolute atomic E-state index is 0.214. The maximum Gasteiger partial charge on any atom is 0.191 e. The van der Waals surface area contributed by atoms with E-state index in [0.29, 0.717) is 12.3 Å². The lowest BCUT2D eigenvalue weighted by atomic mass is 10.2. The van der Waals surface area contributed by atoms with Gasteiger partial charge in [0, 0.05) is 23.6 Å². The van der Waals surface area contributed by atoms with Crippen LogP contribution in [0.2, 0.25) is 0 Å². The van der Waals surface area contributed by atoms with Crippen molar-refractivity contribution in [2.24, 2.45) is 0 Å². The molecule has 0 unspecified atom stereocenters. The first-order chi connectivity index (χ1) is 11.3. The Kier molecular flexibility index (Phi) is 5.25. The third kappa shape index (κ3) is 4.09. The molecule has 3 aromatic rings. The van der Waals surface area contributed by atoms with Gasteiger partial charge in [-0.1, -0.05) is 36.0 Å². The highest BCUT2D eigenvalue weighted by molar-refractivity contribution is 7.98. The van der Waals surface area contributed by atoms with Crippen LogP contribution < -0.4 is 0 Å². The first-order valence-electron chi connectivity index (χ1n) is 7.19. The molecule has 0 atom stereocenters. The summed E-state index contributed by atoms with van der Waals surface area (Å²) in [6.45, 7) is 4.48. The number of nitrogens with zero attached hydrogens (tertiary/aromatic N) is 3. The predicted octanol–water partition coefficient (Wildman–Crippen LogP) is 4.55. The zero-order valence-electron chi connectivity index (χ0n) is 12.5. The van der Waals surface area contributed by atoms with Crippen LogP contribution in [0.15, 0.2) is 59.6 Å². The van der Waals surface area contributed by atoms with E-state index < -0.39 is 0 Å². The van der Waals surface area contributed by atoms with Gasteiger partial charge in [0.15, 0.2) is 5.16 Å². The van der Waals surface area contributed by atoms with Gasteiger partial charge in [0.2, 0.25) is 0 Å². The van der Waals surface area contributed by atoms with Crippen LogP contribution in [0.3, 0.4) is 0 Å². The predicted molar refractivity (Wildman–Crippen MR) is 93.3 cm³/mol.